The molecule has 0 heterocycles. The molecule has 0 rings (SSSR count). The summed E-state index contributed by atoms with van der Waals surface area (Å²) < 4.78 is 15.6. The lowest BCUT2D eigenvalue weighted by molar-refractivity contribution is -0.156. The Morgan fingerprint density at radius 3 is 2.36 bits per heavy atom. The van der Waals surface area contributed by atoms with Crippen LogP contribution in [0.2, 0.25) is 25.7 Å². The number of rotatable bonds is 11. The van der Waals surface area contributed by atoms with Gasteiger partial charge in [-0.15, -0.1) is 0 Å². The van der Waals surface area contributed by atoms with E-state index in [-0.39, 0.29) is 13.2 Å². The zero-order chi connectivity index (χ0) is 17.2. The first-order valence-electron chi connectivity index (χ1n) is 7.39. The fourth-order valence-corrected chi connectivity index (χ4v) is 2.74. The van der Waals surface area contributed by atoms with Crippen molar-refractivity contribution >= 4 is 20.0 Å². The molecule has 22 heavy (non-hydrogen) atoms. The Hall–Kier alpha value is -1.40. The number of esters is 2. The van der Waals surface area contributed by atoms with Crippen molar-refractivity contribution in [2.75, 3.05) is 19.8 Å². The number of carbonyl (C=O) groups is 2. The maximum Gasteiger partial charge on any atom is 0.333 e. The van der Waals surface area contributed by atoms with Crippen LogP contribution in [0.25, 0.3) is 0 Å². The summed E-state index contributed by atoms with van der Waals surface area (Å²) in [6, 6.07) is 1.18. The highest BCUT2D eigenvalue weighted by atomic mass is 28.3. The van der Waals surface area contributed by atoms with Crippen LogP contribution in [0.5, 0.6) is 0 Å². The van der Waals surface area contributed by atoms with E-state index in [4.69, 9.17) is 14.2 Å². The molecule has 0 aliphatic rings. The molecule has 0 aliphatic heterocycles. The Kier molecular flexibility index (Phi) is 9.68. The quantitative estimate of drug-likeness (QED) is 0.252. The number of hydrogen-bond acceptors (Lipinski definition) is 5. The second-order valence-electron chi connectivity index (χ2n) is 6.38. The predicted octanol–water partition coefficient (Wildman–Crippen LogP) is 2.95. The van der Waals surface area contributed by atoms with Crippen LogP contribution in [-0.4, -0.2) is 45.9 Å². The third-order valence-electron chi connectivity index (χ3n) is 2.72. The Labute approximate surface area is 134 Å². The Morgan fingerprint density at radius 1 is 1.23 bits per heavy atom. The monoisotopic (exact) mass is 328 g/mol. The molecule has 0 radical (unpaired) electrons. The molecular formula is C16H28O5Si. The van der Waals surface area contributed by atoms with E-state index in [1.54, 1.807) is 6.92 Å². The minimum atomic E-state index is -1.07. The minimum absolute atomic E-state index is 0.0563. The fraction of sp³-hybridized carbons (Fsp3) is 0.625. The lowest BCUT2D eigenvalue weighted by Crippen LogP contribution is -2.29. The van der Waals surface area contributed by atoms with Gasteiger partial charge in [0.15, 0.2) is 6.10 Å². The summed E-state index contributed by atoms with van der Waals surface area (Å²) in [5.41, 5.74) is 0.296. The fourth-order valence-electron chi connectivity index (χ4n) is 1.54. The first-order chi connectivity index (χ1) is 10.2. The van der Waals surface area contributed by atoms with E-state index in [2.05, 4.69) is 32.8 Å². The van der Waals surface area contributed by atoms with Crippen LogP contribution in [-0.2, 0) is 23.8 Å². The van der Waals surface area contributed by atoms with Crippen LogP contribution >= 0.6 is 0 Å². The average molecular weight is 328 g/mol. The summed E-state index contributed by atoms with van der Waals surface area (Å²) in [5.74, 6) is -1.08. The second kappa shape index (κ2) is 10.3. The van der Waals surface area contributed by atoms with Crippen molar-refractivity contribution in [1.29, 1.82) is 0 Å². The molecule has 0 fully saturated rings. The molecule has 0 saturated heterocycles. The molecule has 6 heteroatoms. The largest absolute Gasteiger partial charge is 0.458 e. The molecule has 5 nitrogen and oxygen atoms in total. The molecule has 1 atom stereocenters. The molecule has 0 spiro atoms. The van der Waals surface area contributed by atoms with Gasteiger partial charge in [0.25, 0.3) is 0 Å². The van der Waals surface area contributed by atoms with Crippen molar-refractivity contribution in [1.82, 2.24) is 0 Å². The van der Waals surface area contributed by atoms with Crippen molar-refractivity contribution in [2.45, 2.75) is 45.1 Å². The van der Waals surface area contributed by atoms with Crippen molar-refractivity contribution in [3.63, 3.8) is 0 Å². The lowest BCUT2D eigenvalue weighted by atomic mass is 10.3. The Morgan fingerprint density at radius 2 is 1.86 bits per heavy atom. The molecule has 0 bridgehead atoms. The molecule has 0 saturated carbocycles. The van der Waals surface area contributed by atoms with Crippen molar-refractivity contribution in [3.05, 3.63) is 24.8 Å². The van der Waals surface area contributed by atoms with Gasteiger partial charge in [0.05, 0.1) is 6.61 Å². The molecule has 1 unspecified atom stereocenters. The van der Waals surface area contributed by atoms with E-state index >= 15 is 0 Å². The highest BCUT2D eigenvalue weighted by Crippen LogP contribution is 2.11. The minimum Gasteiger partial charge on any atom is -0.458 e. The average Bonchev–Trinajstić information content (AvgIpc) is 2.41. The summed E-state index contributed by atoms with van der Waals surface area (Å²) in [6.07, 6.45) is 1.41. The summed E-state index contributed by atoms with van der Waals surface area (Å²) >= 11 is 0. The highest BCUT2D eigenvalue weighted by Gasteiger charge is 2.17. The molecule has 0 aliphatic carbocycles. The van der Waals surface area contributed by atoms with E-state index in [1.165, 1.54) is 6.04 Å². The summed E-state index contributed by atoms with van der Waals surface area (Å²) in [4.78, 5) is 22.6. The van der Waals surface area contributed by atoms with Gasteiger partial charge in [-0.05, 0) is 13.3 Å². The maximum atomic E-state index is 11.4. The molecule has 0 aromatic rings. The Bertz CT molecular complexity index is 398. The molecule has 0 aromatic heterocycles. The van der Waals surface area contributed by atoms with E-state index in [9.17, 15) is 9.59 Å². The van der Waals surface area contributed by atoms with Gasteiger partial charge in [0, 0.05) is 26.3 Å². The maximum absolute atomic E-state index is 11.4. The molecule has 0 aromatic carbocycles. The van der Waals surface area contributed by atoms with Crippen molar-refractivity contribution in [3.8, 4) is 0 Å². The molecule has 126 valence electrons. The van der Waals surface area contributed by atoms with Crippen LogP contribution in [0.4, 0.5) is 0 Å². The molecule has 0 N–H and O–H groups in total. The van der Waals surface area contributed by atoms with Crippen LogP contribution in [0.3, 0.4) is 0 Å². The lowest BCUT2D eigenvalue weighted by Gasteiger charge is -2.18. The highest BCUT2D eigenvalue weighted by molar-refractivity contribution is 6.76. The molecular weight excluding hydrogens is 300 g/mol. The van der Waals surface area contributed by atoms with Gasteiger partial charge in [-0.25, -0.2) is 9.59 Å². The van der Waals surface area contributed by atoms with E-state index in [0.29, 0.717) is 12.2 Å². The van der Waals surface area contributed by atoms with Gasteiger partial charge in [-0.2, -0.15) is 0 Å². The summed E-state index contributed by atoms with van der Waals surface area (Å²) in [6.45, 7) is 16.0. The predicted molar refractivity (Wildman–Crippen MR) is 89.4 cm³/mol. The standard InChI is InChI=1S/C16H28O5Si/c1-7-15(17)21-14(12-20-16(18)13(2)3)11-19-9-8-10-22(4,5)6/h7,14H,1-2,8-12H2,3-6H3. The van der Waals surface area contributed by atoms with E-state index in [0.717, 1.165) is 12.5 Å². The van der Waals surface area contributed by atoms with Crippen LogP contribution in [0.15, 0.2) is 24.8 Å². The van der Waals surface area contributed by atoms with Crippen LogP contribution < -0.4 is 0 Å². The Balaban J connectivity index is 4.18. The topological polar surface area (TPSA) is 61.8 Å². The third kappa shape index (κ3) is 11.3. The zero-order valence-corrected chi connectivity index (χ0v) is 15.1. The SMILES string of the molecule is C=CC(=O)OC(COCCC[Si](C)(C)C)COC(=O)C(=C)C. The first-order valence-corrected chi connectivity index (χ1v) is 11.1. The van der Waals surface area contributed by atoms with E-state index < -0.39 is 26.1 Å². The number of ether oxygens (including phenoxy) is 3. The van der Waals surface area contributed by atoms with Gasteiger partial charge in [-0.1, -0.05) is 38.8 Å². The van der Waals surface area contributed by atoms with Gasteiger partial charge < -0.3 is 14.2 Å². The van der Waals surface area contributed by atoms with E-state index in [1.807, 2.05) is 0 Å². The first kappa shape index (κ1) is 20.6. The smallest absolute Gasteiger partial charge is 0.333 e. The van der Waals surface area contributed by atoms with Crippen molar-refractivity contribution in [2.24, 2.45) is 0 Å². The number of carbonyl (C=O) groups excluding carboxylic acids is 2. The third-order valence-corrected chi connectivity index (χ3v) is 4.57. The zero-order valence-electron chi connectivity index (χ0n) is 14.1. The molecule has 0 amide bonds. The van der Waals surface area contributed by atoms with Crippen LogP contribution in [0.1, 0.15) is 13.3 Å². The summed E-state index contributed by atoms with van der Waals surface area (Å²) in [7, 11) is -1.07. The number of hydrogen-bond donors (Lipinski definition) is 0. The van der Waals surface area contributed by atoms with Gasteiger partial charge in [-0.3, -0.25) is 0 Å². The van der Waals surface area contributed by atoms with Gasteiger partial charge in [0.1, 0.15) is 6.61 Å². The van der Waals surface area contributed by atoms with Gasteiger partial charge >= 0.3 is 11.9 Å². The normalized spacial score (nSPS) is 12.4. The second-order valence-corrected chi connectivity index (χ2v) is 12.0. The summed E-state index contributed by atoms with van der Waals surface area (Å²) in [5, 5.41) is 0. The van der Waals surface area contributed by atoms with Crippen molar-refractivity contribution < 1.29 is 23.8 Å². The van der Waals surface area contributed by atoms with Crippen LogP contribution in [0, 0.1) is 0 Å². The van der Waals surface area contributed by atoms with Gasteiger partial charge in [0.2, 0.25) is 0 Å².